The van der Waals surface area contributed by atoms with Crippen LogP contribution in [0.2, 0.25) is 0 Å². The van der Waals surface area contributed by atoms with E-state index in [4.69, 9.17) is 9.79 Å². The molecule has 0 saturated carbocycles. The Bertz CT molecular complexity index is 182. The van der Waals surface area contributed by atoms with Gasteiger partial charge >= 0.3 is 7.60 Å². The van der Waals surface area contributed by atoms with Crippen LogP contribution in [0.25, 0.3) is 0 Å². The second-order valence-electron chi connectivity index (χ2n) is 3.94. The van der Waals surface area contributed by atoms with Crippen molar-refractivity contribution in [1.29, 1.82) is 0 Å². The number of likely N-dealkylation sites (N-methyl/N-ethyl adjacent to an activating group) is 1. The summed E-state index contributed by atoms with van der Waals surface area (Å²) in [6.45, 7) is 0.227. The second kappa shape index (κ2) is 3.85. The predicted octanol–water partition coefficient (Wildman–Crippen LogP) is -1.40. The van der Waals surface area contributed by atoms with Crippen molar-refractivity contribution in [1.82, 2.24) is 0 Å². The topological polar surface area (TPSA) is 80.6 Å². The van der Waals surface area contributed by atoms with Crippen LogP contribution in [0.15, 0.2) is 0 Å². The van der Waals surface area contributed by atoms with Crippen LogP contribution >= 0.6 is 7.60 Å². The summed E-state index contributed by atoms with van der Waals surface area (Å²) in [6.07, 6.45) is -1.76. The van der Waals surface area contributed by atoms with E-state index < -0.39 is 19.9 Å². The second-order valence-corrected chi connectivity index (χ2v) is 5.64. The van der Waals surface area contributed by atoms with Crippen molar-refractivity contribution in [3.05, 3.63) is 0 Å². The summed E-state index contributed by atoms with van der Waals surface area (Å²) in [4.78, 5) is 17.0. The molecule has 0 radical (unpaired) electrons. The summed E-state index contributed by atoms with van der Waals surface area (Å²) in [7, 11) is 1.30. The van der Waals surface area contributed by atoms with Gasteiger partial charge in [0.2, 0.25) is 0 Å². The van der Waals surface area contributed by atoms with Crippen molar-refractivity contribution < 1.29 is 23.9 Å². The maximum atomic E-state index is 11.0. The monoisotopic (exact) mass is 197 g/mol. The van der Waals surface area contributed by atoms with Crippen LogP contribution in [0.4, 0.5) is 0 Å². The average Bonchev–Trinajstić information content (AvgIpc) is 1.49. The number of nitrogens with zero attached hydrogens (tertiary/aromatic N) is 1. The SMILES string of the molecule is C[N+](C)(C)C[C@H]([O-])CP(=O)(O)O. The molecule has 0 aromatic rings. The van der Waals surface area contributed by atoms with Crippen LogP contribution in [0.5, 0.6) is 0 Å². The van der Waals surface area contributed by atoms with E-state index in [-0.39, 0.29) is 6.54 Å². The molecule has 0 spiro atoms. The first-order valence-corrected chi connectivity index (χ1v) is 5.41. The molecular weight excluding hydrogens is 181 g/mol. The zero-order valence-electron chi connectivity index (χ0n) is 7.60. The number of quaternary nitrogens is 1. The standard InChI is InChI=1S/C6H16NO4P/c1-7(2,3)4-6(8)5-12(9,10)11/h6H,4-5H2,1-3H3,(H2,9,10,11)/t6-/m0/s1. The van der Waals surface area contributed by atoms with Crippen molar-refractivity contribution in [3.8, 4) is 0 Å². The van der Waals surface area contributed by atoms with E-state index >= 15 is 0 Å². The molecular formula is C6H16NO4P. The molecule has 0 aliphatic rings. The van der Waals surface area contributed by atoms with E-state index in [2.05, 4.69) is 0 Å². The van der Waals surface area contributed by atoms with E-state index in [1.165, 1.54) is 0 Å². The fraction of sp³-hybridized carbons (Fsp3) is 1.00. The number of rotatable bonds is 4. The highest BCUT2D eigenvalue weighted by Gasteiger charge is 2.18. The first-order valence-electron chi connectivity index (χ1n) is 3.61. The van der Waals surface area contributed by atoms with Crippen LogP contribution < -0.4 is 5.11 Å². The molecule has 0 bridgehead atoms. The normalized spacial score (nSPS) is 16.2. The van der Waals surface area contributed by atoms with Gasteiger partial charge < -0.3 is 19.4 Å². The highest BCUT2D eigenvalue weighted by atomic mass is 31.2. The molecule has 0 unspecified atom stereocenters. The Balaban J connectivity index is 3.91. The van der Waals surface area contributed by atoms with Crippen LogP contribution in [-0.4, -0.2) is 54.2 Å². The predicted molar refractivity (Wildman–Crippen MR) is 43.6 cm³/mol. The Morgan fingerprint density at radius 3 is 2.08 bits per heavy atom. The minimum atomic E-state index is -4.13. The number of hydrogen-bond donors (Lipinski definition) is 2. The molecule has 0 aromatic carbocycles. The van der Waals surface area contributed by atoms with Crippen molar-refractivity contribution >= 4 is 7.60 Å². The zero-order valence-corrected chi connectivity index (χ0v) is 8.49. The third-order valence-electron chi connectivity index (χ3n) is 1.19. The zero-order chi connectivity index (χ0) is 9.99. The Kier molecular flexibility index (Phi) is 3.87. The van der Waals surface area contributed by atoms with E-state index in [1.807, 2.05) is 21.1 Å². The Morgan fingerprint density at radius 2 is 1.83 bits per heavy atom. The Hall–Kier alpha value is 0.0700. The minimum Gasteiger partial charge on any atom is -0.848 e. The summed E-state index contributed by atoms with van der Waals surface area (Å²) >= 11 is 0. The van der Waals surface area contributed by atoms with Crippen LogP contribution in [0.3, 0.4) is 0 Å². The van der Waals surface area contributed by atoms with E-state index in [1.54, 1.807) is 0 Å². The molecule has 5 nitrogen and oxygen atoms in total. The van der Waals surface area contributed by atoms with Gasteiger partial charge in [-0.15, -0.1) is 0 Å². The molecule has 1 atom stereocenters. The van der Waals surface area contributed by atoms with Gasteiger partial charge in [-0.3, -0.25) is 4.57 Å². The lowest BCUT2D eigenvalue weighted by Crippen LogP contribution is -2.48. The first-order chi connectivity index (χ1) is 5.10. The molecule has 0 amide bonds. The van der Waals surface area contributed by atoms with Gasteiger partial charge in [0, 0.05) is 6.16 Å². The minimum absolute atomic E-state index is 0.227. The van der Waals surface area contributed by atoms with E-state index in [9.17, 15) is 9.67 Å². The van der Waals surface area contributed by atoms with Gasteiger partial charge in [0.05, 0.1) is 27.7 Å². The summed E-state index contributed by atoms with van der Waals surface area (Å²) in [5, 5.41) is 11.0. The lowest BCUT2D eigenvalue weighted by Gasteiger charge is -2.32. The van der Waals surface area contributed by atoms with Crippen LogP contribution in [-0.2, 0) is 4.57 Å². The van der Waals surface area contributed by atoms with Crippen molar-refractivity contribution in [2.24, 2.45) is 0 Å². The van der Waals surface area contributed by atoms with E-state index in [0.29, 0.717) is 4.48 Å². The van der Waals surface area contributed by atoms with Crippen molar-refractivity contribution in [2.45, 2.75) is 6.10 Å². The molecule has 0 aromatic heterocycles. The average molecular weight is 197 g/mol. The highest BCUT2D eigenvalue weighted by Crippen LogP contribution is 2.34. The fourth-order valence-corrected chi connectivity index (χ4v) is 1.58. The van der Waals surface area contributed by atoms with Crippen molar-refractivity contribution in [3.63, 3.8) is 0 Å². The molecule has 12 heavy (non-hydrogen) atoms. The molecule has 0 aliphatic carbocycles. The van der Waals surface area contributed by atoms with E-state index in [0.717, 1.165) is 0 Å². The molecule has 6 heteroatoms. The van der Waals surface area contributed by atoms with Gasteiger partial charge in [-0.05, 0) is 0 Å². The molecule has 0 saturated heterocycles. The van der Waals surface area contributed by atoms with Crippen molar-refractivity contribution in [2.75, 3.05) is 33.8 Å². The largest absolute Gasteiger partial charge is 0.848 e. The number of hydrogen-bond acceptors (Lipinski definition) is 2. The fourth-order valence-electron chi connectivity index (χ4n) is 0.934. The maximum absolute atomic E-state index is 11.0. The van der Waals surface area contributed by atoms with Gasteiger partial charge in [-0.1, -0.05) is 6.10 Å². The molecule has 2 N–H and O–H groups in total. The summed E-state index contributed by atoms with van der Waals surface area (Å²) in [5.74, 6) is 0. The quantitative estimate of drug-likeness (QED) is 0.429. The smallest absolute Gasteiger partial charge is 0.324 e. The van der Waals surface area contributed by atoms with Gasteiger partial charge in [0.1, 0.15) is 0 Å². The highest BCUT2D eigenvalue weighted by molar-refractivity contribution is 7.51. The maximum Gasteiger partial charge on any atom is 0.324 e. The summed E-state index contributed by atoms with van der Waals surface area (Å²) in [5.41, 5.74) is 0. The Labute approximate surface area is 72.4 Å². The molecule has 74 valence electrons. The van der Waals surface area contributed by atoms with Gasteiger partial charge in [-0.25, -0.2) is 0 Å². The van der Waals surface area contributed by atoms with Gasteiger partial charge in [0.15, 0.2) is 0 Å². The molecule has 0 fully saturated rings. The molecule has 0 heterocycles. The summed E-state index contributed by atoms with van der Waals surface area (Å²) < 4.78 is 10.8. The lowest BCUT2D eigenvalue weighted by atomic mass is 10.3. The molecule has 0 rings (SSSR count). The lowest BCUT2D eigenvalue weighted by molar-refractivity contribution is -0.879. The molecule has 0 aliphatic heterocycles. The van der Waals surface area contributed by atoms with Gasteiger partial charge in [-0.2, -0.15) is 0 Å². The third kappa shape index (κ3) is 8.17. The third-order valence-corrected chi connectivity index (χ3v) is 2.08. The Morgan fingerprint density at radius 1 is 1.42 bits per heavy atom. The van der Waals surface area contributed by atoms with Crippen LogP contribution in [0, 0.1) is 0 Å². The van der Waals surface area contributed by atoms with Crippen LogP contribution in [0.1, 0.15) is 0 Å². The summed E-state index contributed by atoms with van der Waals surface area (Å²) in [6, 6.07) is 0. The first kappa shape index (κ1) is 12.1. The van der Waals surface area contributed by atoms with Gasteiger partial charge in [0.25, 0.3) is 0 Å².